The van der Waals surface area contributed by atoms with Crippen molar-refractivity contribution in [2.75, 3.05) is 56.4 Å². The van der Waals surface area contributed by atoms with Crippen LogP contribution in [-0.4, -0.2) is 116 Å². The van der Waals surface area contributed by atoms with Crippen LogP contribution in [0, 0.1) is 5.92 Å². The van der Waals surface area contributed by atoms with Crippen molar-refractivity contribution in [3.8, 4) is 0 Å². The molecule has 8 heterocycles. The van der Waals surface area contributed by atoms with Gasteiger partial charge in [0.1, 0.15) is 17.3 Å². The first-order chi connectivity index (χ1) is 28.5. The minimum Gasteiger partial charge on any atom is -0.477 e. The monoisotopic (exact) mass is 907 g/mol. The van der Waals surface area contributed by atoms with E-state index in [2.05, 4.69) is 40.4 Å². The molecule has 2 aliphatic carbocycles. The highest BCUT2D eigenvalue weighted by molar-refractivity contribution is 7.59. The van der Waals surface area contributed by atoms with Gasteiger partial charge in [0.25, 0.3) is 0 Å². The number of carboxylic acids is 1. The summed E-state index contributed by atoms with van der Waals surface area (Å²) in [5.74, 6) is 0.912. The Labute approximate surface area is 379 Å². The van der Waals surface area contributed by atoms with Crippen LogP contribution in [0.2, 0.25) is 0 Å². The number of hydrogen-bond acceptors (Lipinski definition) is 13. The maximum absolute atomic E-state index is 13.1. The number of ketones is 1. The summed E-state index contributed by atoms with van der Waals surface area (Å²) >= 11 is 0. The van der Waals surface area contributed by atoms with Crippen molar-refractivity contribution in [2.24, 2.45) is 11.7 Å². The first kappa shape index (κ1) is 47.9. The molecule has 10 rings (SSSR count). The van der Waals surface area contributed by atoms with E-state index in [1.165, 1.54) is 6.07 Å². The molecular weight excluding hydrogens is 855 g/mol. The lowest BCUT2D eigenvalue weighted by Crippen LogP contribution is -2.48. The molecule has 4 fully saturated rings. The van der Waals surface area contributed by atoms with Gasteiger partial charge in [-0.1, -0.05) is 12.1 Å². The van der Waals surface area contributed by atoms with Gasteiger partial charge in [-0.3, -0.25) is 25.2 Å². The number of carbonyl (C=O) groups is 4. The quantitative estimate of drug-likeness (QED) is 0.150. The molecule has 2 saturated heterocycles. The number of aliphatic hydroxyl groups excluding tert-OH is 2. The zero-order valence-electron chi connectivity index (χ0n) is 33.8. The van der Waals surface area contributed by atoms with E-state index in [-0.39, 0.29) is 94.2 Å². The Hall–Kier alpha value is -5.19. The molecule has 0 aromatic carbocycles. The molecule has 0 radical (unpaired) electrons. The normalized spacial score (nSPS) is 23.0. The van der Waals surface area contributed by atoms with Gasteiger partial charge < -0.3 is 30.9 Å². The second-order valence-electron chi connectivity index (χ2n) is 15.7. The van der Waals surface area contributed by atoms with Gasteiger partial charge in [0.2, 0.25) is 0 Å². The molecule has 4 bridgehead atoms. The summed E-state index contributed by atoms with van der Waals surface area (Å²) in [5.41, 5.74) is 7.27. The predicted octanol–water partition coefficient (Wildman–Crippen LogP) is 4.06. The molecule has 18 nitrogen and oxygen atoms in total. The molecule has 4 aromatic rings. The summed E-state index contributed by atoms with van der Waals surface area (Å²) in [6, 6.07) is 17.1. The highest BCUT2D eigenvalue weighted by atomic mass is 32.1. The number of Topliss-reactive ketones (excluding diaryl/α,β-unsaturated/α-hetero) is 1. The number of rotatable bonds is 6. The number of aliphatic hydroxyl groups is 2. The molecule has 2 atom stereocenters. The van der Waals surface area contributed by atoms with E-state index in [1.807, 2.05) is 12.1 Å². The predicted molar refractivity (Wildman–Crippen MR) is 250 cm³/mol. The Morgan fingerprint density at radius 1 is 0.661 bits per heavy atom. The minimum absolute atomic E-state index is 0. The summed E-state index contributed by atoms with van der Waals surface area (Å²) in [6.07, 6.45) is 7.87. The zero-order valence-corrected chi connectivity index (χ0v) is 36.8. The third-order valence-electron chi connectivity index (χ3n) is 11.5. The Bertz CT molecular complexity index is 2200. The van der Waals surface area contributed by atoms with Crippen molar-refractivity contribution in [3.05, 3.63) is 84.4 Å². The van der Waals surface area contributed by atoms with Gasteiger partial charge in [0.05, 0.1) is 35.7 Å². The van der Waals surface area contributed by atoms with Crippen molar-refractivity contribution < 1.29 is 34.5 Å². The van der Waals surface area contributed by atoms with Crippen LogP contribution in [0.4, 0.5) is 44.2 Å². The summed E-state index contributed by atoms with van der Waals surface area (Å²) in [6.45, 7) is 3.16. The van der Waals surface area contributed by atoms with Gasteiger partial charge in [-0.05, 0) is 93.0 Å². The number of nitrogens with one attached hydrogen (secondary N) is 2. The van der Waals surface area contributed by atoms with E-state index in [4.69, 9.17) is 10.8 Å². The largest absolute Gasteiger partial charge is 0.477 e. The molecule has 0 spiro atoms. The maximum Gasteiger partial charge on any atom is 0.354 e. The number of nitrogens with zero attached hydrogens (tertiary/aromatic N) is 8. The van der Waals surface area contributed by atoms with E-state index >= 15 is 0 Å². The molecule has 2 saturated carbocycles. The van der Waals surface area contributed by atoms with Gasteiger partial charge in [-0.2, -0.15) is 40.5 Å². The number of aromatic carboxylic acids is 1. The second-order valence-corrected chi connectivity index (χ2v) is 15.7. The lowest BCUT2D eigenvalue weighted by atomic mass is 9.79. The molecule has 0 unspecified atom stereocenters. The Morgan fingerprint density at radius 3 is 1.53 bits per heavy atom. The third kappa shape index (κ3) is 10.5. The Balaban J connectivity index is 0.000000200. The van der Waals surface area contributed by atoms with Crippen molar-refractivity contribution >= 4 is 98.9 Å². The van der Waals surface area contributed by atoms with Crippen molar-refractivity contribution in [2.45, 2.75) is 75.3 Å². The van der Waals surface area contributed by atoms with Crippen LogP contribution in [0.3, 0.4) is 0 Å². The molecule has 4 aliphatic heterocycles. The van der Waals surface area contributed by atoms with Crippen molar-refractivity contribution in [1.82, 2.24) is 19.9 Å². The average Bonchev–Trinajstić information content (AvgIpc) is 3.83. The van der Waals surface area contributed by atoms with Crippen LogP contribution in [0.1, 0.15) is 65.9 Å². The molecule has 332 valence electrons. The van der Waals surface area contributed by atoms with E-state index in [0.717, 1.165) is 63.2 Å². The van der Waals surface area contributed by atoms with Crippen LogP contribution >= 0.6 is 40.5 Å². The number of urea groups is 2. The smallest absolute Gasteiger partial charge is 0.354 e. The summed E-state index contributed by atoms with van der Waals surface area (Å²) < 4.78 is 0. The van der Waals surface area contributed by atoms with Gasteiger partial charge in [0, 0.05) is 51.0 Å². The van der Waals surface area contributed by atoms with Crippen molar-refractivity contribution in [1.29, 1.82) is 0 Å². The van der Waals surface area contributed by atoms with Crippen LogP contribution < -0.4 is 36.0 Å². The van der Waals surface area contributed by atoms with Crippen molar-refractivity contribution in [3.63, 3.8) is 0 Å². The first-order valence-electron chi connectivity index (χ1n) is 19.9. The first-order valence-corrected chi connectivity index (χ1v) is 19.9. The van der Waals surface area contributed by atoms with Crippen LogP contribution in [-0.2, 0) is 0 Å². The molecule has 6 aliphatic rings. The number of pyridine rings is 4. The highest BCUT2D eigenvalue weighted by Gasteiger charge is 2.42. The van der Waals surface area contributed by atoms with E-state index < -0.39 is 5.97 Å². The standard InChI is InChI=1S/C21H23N5O3.C16H15N5O3.C4H9NO.3H2S/c27-15-9-13(10-15)11-18(28)16-4-5-17-20(23-16)26(14-6-8-25(17)12-14)21(29)24-19-3-1-2-7-22-19;22-15(23)11-4-5-12-14(18-11)21(10-6-8-20(12)9-10)16(24)19-13-3-1-2-7-17-13;5-3-1-4(6)2-3;;;/h1-5,7,13-15,27H,6,8-12H2,(H,22,24,29);1-5,7,10H,6,8-9H2,(H,22,23)(H,17,19,24);3-4,6H,1-2,5H2;3*1H2/t13?,14-,15?;10-;;;;/m00..../s1. The summed E-state index contributed by atoms with van der Waals surface area (Å²) in [4.78, 5) is 74.4. The number of aromatic nitrogens is 4. The number of fused-ring (bicyclic) bond motifs is 8. The Kier molecular flexibility index (Phi) is 16.0. The molecule has 4 aromatic heterocycles. The zero-order chi connectivity index (χ0) is 41.2. The number of carboxylic acid groups (broad SMARTS) is 1. The van der Waals surface area contributed by atoms with Gasteiger partial charge in [0.15, 0.2) is 23.1 Å². The third-order valence-corrected chi connectivity index (χ3v) is 11.5. The highest BCUT2D eigenvalue weighted by Crippen LogP contribution is 2.41. The maximum atomic E-state index is 13.1. The van der Waals surface area contributed by atoms with Crippen LogP contribution in [0.5, 0.6) is 0 Å². The molecule has 4 amide bonds. The summed E-state index contributed by atoms with van der Waals surface area (Å²) in [5, 5.41) is 32.8. The lowest BCUT2D eigenvalue weighted by Gasteiger charge is -2.36. The second kappa shape index (κ2) is 20.8. The number of carbonyl (C=O) groups excluding carboxylic acids is 3. The molecule has 7 N–H and O–H groups in total. The van der Waals surface area contributed by atoms with Crippen LogP contribution in [0.15, 0.2) is 73.1 Å². The fraction of sp³-hybridized carbons (Fsp3) is 0.415. The SMILES string of the molecule is NC1CC(O)C1.O=C(CC1CC(O)C1)c1ccc2c(n1)N(C(=O)Nc1ccccn1)[C@H]1CCN2C1.O=C(O)c1ccc2c(n1)N(C(=O)Nc1ccccn1)[C@H]1CCN2C1.S.S.S. The fourth-order valence-corrected chi connectivity index (χ4v) is 8.29. The molecule has 21 heteroatoms. The molecule has 62 heavy (non-hydrogen) atoms. The number of amides is 4. The number of hydrogen-bond donors (Lipinski definition) is 6. The fourth-order valence-electron chi connectivity index (χ4n) is 8.29. The topological polar surface area (TPSA) is 244 Å². The Morgan fingerprint density at radius 2 is 1.13 bits per heavy atom. The lowest BCUT2D eigenvalue weighted by molar-refractivity contribution is 0.0380. The minimum atomic E-state index is -1.11. The number of nitrogens with two attached hydrogens (primary N) is 1. The van der Waals surface area contributed by atoms with Gasteiger partial charge >= 0.3 is 18.0 Å². The van der Waals surface area contributed by atoms with Gasteiger partial charge in [-0.25, -0.2) is 34.3 Å². The molecular formula is C41H53N11O7S3. The van der Waals surface area contributed by atoms with Gasteiger partial charge in [-0.15, -0.1) is 0 Å². The number of anilines is 6. The van der Waals surface area contributed by atoms with Crippen LogP contribution in [0.25, 0.3) is 0 Å². The summed E-state index contributed by atoms with van der Waals surface area (Å²) in [7, 11) is 0. The van der Waals surface area contributed by atoms with E-state index in [1.54, 1.807) is 64.7 Å². The van der Waals surface area contributed by atoms with E-state index in [9.17, 15) is 29.4 Å². The average molecular weight is 908 g/mol. The van der Waals surface area contributed by atoms with E-state index in [0.29, 0.717) is 54.3 Å².